The van der Waals surface area contributed by atoms with E-state index >= 15 is 0 Å². The predicted molar refractivity (Wildman–Crippen MR) is 48.9 cm³/mol. The highest BCUT2D eigenvalue weighted by molar-refractivity contribution is 5.83. The fourth-order valence-electron chi connectivity index (χ4n) is 1.23. The molecule has 0 aromatic heterocycles. The first-order chi connectivity index (χ1) is 6.15. The van der Waals surface area contributed by atoms with E-state index in [0.29, 0.717) is 0 Å². The van der Waals surface area contributed by atoms with Gasteiger partial charge in [-0.1, -0.05) is 12.1 Å². The Kier molecular flexibility index (Phi) is 3.14. The van der Waals surface area contributed by atoms with Crippen LogP contribution < -0.4 is 5.73 Å². The second kappa shape index (κ2) is 4.14. The Balaban J connectivity index is 2.92. The summed E-state index contributed by atoms with van der Waals surface area (Å²) in [6.45, 7) is 1.75. The van der Waals surface area contributed by atoms with Gasteiger partial charge in [-0.2, -0.15) is 0 Å². The van der Waals surface area contributed by atoms with Crippen LogP contribution in [0.4, 0.5) is 4.39 Å². The van der Waals surface area contributed by atoms with E-state index in [0.717, 1.165) is 5.56 Å². The third-order valence-corrected chi connectivity index (χ3v) is 2.00. The Morgan fingerprint density at radius 2 is 2.00 bits per heavy atom. The third kappa shape index (κ3) is 2.36. The van der Waals surface area contributed by atoms with Gasteiger partial charge in [0.2, 0.25) is 0 Å². The van der Waals surface area contributed by atoms with Crippen LogP contribution in [-0.2, 0) is 4.79 Å². The molecule has 2 N–H and O–H groups in total. The number of carbonyl (C=O) groups excluding carboxylic acids is 1. The molecule has 0 aliphatic rings. The molecule has 1 aromatic rings. The second-order valence-electron chi connectivity index (χ2n) is 2.95. The van der Waals surface area contributed by atoms with Crippen LogP contribution in [-0.4, -0.2) is 12.3 Å². The molecule has 70 valence electrons. The van der Waals surface area contributed by atoms with E-state index in [1.54, 1.807) is 12.1 Å². The van der Waals surface area contributed by atoms with Crippen LogP contribution in [0.2, 0.25) is 0 Å². The highest BCUT2D eigenvalue weighted by atomic mass is 19.1. The van der Waals surface area contributed by atoms with Gasteiger partial charge in [0.15, 0.2) is 0 Å². The van der Waals surface area contributed by atoms with Crippen molar-refractivity contribution in [3.05, 3.63) is 35.6 Å². The fourth-order valence-corrected chi connectivity index (χ4v) is 1.23. The van der Waals surface area contributed by atoms with Crippen molar-refractivity contribution < 1.29 is 9.18 Å². The van der Waals surface area contributed by atoms with Crippen LogP contribution in [0.25, 0.3) is 0 Å². The normalized spacial score (nSPS) is 12.5. The molecular weight excluding hydrogens is 169 g/mol. The Bertz CT molecular complexity index is 294. The number of halogens is 1. The molecule has 0 amide bonds. The largest absolute Gasteiger partial charge is 0.329 e. The molecule has 3 heteroatoms. The number of Topliss-reactive ketones (excluding diaryl/α,β-unsaturated/α-hetero) is 1. The number of hydrogen-bond acceptors (Lipinski definition) is 2. The highest BCUT2D eigenvalue weighted by Gasteiger charge is 2.13. The molecule has 1 unspecified atom stereocenters. The van der Waals surface area contributed by atoms with Gasteiger partial charge in [-0.3, -0.25) is 4.79 Å². The summed E-state index contributed by atoms with van der Waals surface area (Å²) >= 11 is 0. The van der Waals surface area contributed by atoms with Crippen molar-refractivity contribution in [2.45, 2.75) is 12.8 Å². The SMILES string of the molecule is CC(=O)C(CN)c1ccc(F)cc1. The number of rotatable bonds is 3. The van der Waals surface area contributed by atoms with Crippen LogP contribution in [0, 0.1) is 5.82 Å². The zero-order valence-corrected chi connectivity index (χ0v) is 7.46. The predicted octanol–water partition coefficient (Wildman–Crippen LogP) is 1.46. The first-order valence-electron chi connectivity index (χ1n) is 4.11. The molecular formula is C10H12FNO. The maximum atomic E-state index is 12.5. The van der Waals surface area contributed by atoms with Crippen molar-refractivity contribution in [1.82, 2.24) is 0 Å². The third-order valence-electron chi connectivity index (χ3n) is 2.00. The van der Waals surface area contributed by atoms with Gasteiger partial charge in [-0.25, -0.2) is 4.39 Å². The van der Waals surface area contributed by atoms with Crippen molar-refractivity contribution in [3.8, 4) is 0 Å². The lowest BCUT2D eigenvalue weighted by molar-refractivity contribution is -0.118. The van der Waals surface area contributed by atoms with Gasteiger partial charge in [0.1, 0.15) is 11.6 Å². The smallest absolute Gasteiger partial charge is 0.138 e. The van der Waals surface area contributed by atoms with Crippen LogP contribution in [0.3, 0.4) is 0 Å². The molecule has 1 atom stereocenters. The van der Waals surface area contributed by atoms with Gasteiger partial charge in [-0.05, 0) is 24.6 Å². The molecule has 1 rings (SSSR count). The van der Waals surface area contributed by atoms with Crippen LogP contribution in [0.5, 0.6) is 0 Å². The van der Waals surface area contributed by atoms with Gasteiger partial charge in [0, 0.05) is 6.54 Å². The van der Waals surface area contributed by atoms with Gasteiger partial charge >= 0.3 is 0 Å². The number of carbonyl (C=O) groups is 1. The average Bonchev–Trinajstić information content (AvgIpc) is 2.09. The van der Waals surface area contributed by atoms with Crippen molar-refractivity contribution in [2.75, 3.05) is 6.54 Å². The van der Waals surface area contributed by atoms with E-state index in [-0.39, 0.29) is 24.1 Å². The van der Waals surface area contributed by atoms with E-state index in [1.807, 2.05) is 0 Å². The van der Waals surface area contributed by atoms with E-state index in [4.69, 9.17) is 5.73 Å². The Morgan fingerprint density at radius 3 is 2.38 bits per heavy atom. The minimum absolute atomic E-state index is 0.00843. The van der Waals surface area contributed by atoms with E-state index < -0.39 is 0 Å². The molecule has 0 saturated heterocycles. The first-order valence-corrected chi connectivity index (χ1v) is 4.11. The standard InChI is InChI=1S/C10H12FNO/c1-7(13)10(6-12)8-2-4-9(11)5-3-8/h2-5,10H,6,12H2,1H3. The molecule has 13 heavy (non-hydrogen) atoms. The zero-order chi connectivity index (χ0) is 9.84. The van der Waals surface area contributed by atoms with Crippen LogP contribution in [0.15, 0.2) is 24.3 Å². The van der Waals surface area contributed by atoms with Crippen molar-refractivity contribution in [2.24, 2.45) is 5.73 Å². The Hall–Kier alpha value is -1.22. The highest BCUT2D eigenvalue weighted by Crippen LogP contribution is 2.15. The molecule has 0 spiro atoms. The van der Waals surface area contributed by atoms with Crippen LogP contribution in [0.1, 0.15) is 18.4 Å². The summed E-state index contributed by atoms with van der Waals surface area (Å²) < 4.78 is 12.5. The Labute approximate surface area is 76.6 Å². The van der Waals surface area contributed by atoms with E-state index in [9.17, 15) is 9.18 Å². The van der Waals surface area contributed by atoms with Gasteiger partial charge in [0.25, 0.3) is 0 Å². The number of benzene rings is 1. The topological polar surface area (TPSA) is 43.1 Å². The molecule has 0 heterocycles. The summed E-state index contributed by atoms with van der Waals surface area (Å²) in [5.74, 6) is -0.599. The molecule has 0 aliphatic carbocycles. The summed E-state index contributed by atoms with van der Waals surface area (Å²) in [7, 11) is 0. The molecule has 0 saturated carbocycles. The maximum absolute atomic E-state index is 12.5. The Morgan fingerprint density at radius 1 is 1.46 bits per heavy atom. The summed E-state index contributed by atoms with van der Waals surface area (Å²) in [5, 5.41) is 0. The van der Waals surface area contributed by atoms with Crippen molar-refractivity contribution in [1.29, 1.82) is 0 Å². The van der Waals surface area contributed by atoms with E-state index in [1.165, 1.54) is 19.1 Å². The summed E-state index contributed by atoms with van der Waals surface area (Å²) in [5.41, 5.74) is 6.20. The maximum Gasteiger partial charge on any atom is 0.138 e. The molecule has 0 bridgehead atoms. The molecule has 2 nitrogen and oxygen atoms in total. The average molecular weight is 181 g/mol. The number of hydrogen-bond donors (Lipinski definition) is 1. The minimum Gasteiger partial charge on any atom is -0.329 e. The lowest BCUT2D eigenvalue weighted by Gasteiger charge is -2.10. The van der Waals surface area contributed by atoms with E-state index in [2.05, 4.69) is 0 Å². The van der Waals surface area contributed by atoms with Gasteiger partial charge in [0.05, 0.1) is 5.92 Å². The lowest BCUT2D eigenvalue weighted by Crippen LogP contribution is -2.19. The molecule has 0 fully saturated rings. The fraction of sp³-hybridized carbons (Fsp3) is 0.300. The number of nitrogens with two attached hydrogens (primary N) is 1. The summed E-state index contributed by atoms with van der Waals surface area (Å²) in [6.07, 6.45) is 0. The quantitative estimate of drug-likeness (QED) is 0.767. The molecule has 1 aromatic carbocycles. The molecule has 0 radical (unpaired) electrons. The van der Waals surface area contributed by atoms with Crippen molar-refractivity contribution in [3.63, 3.8) is 0 Å². The number of ketones is 1. The minimum atomic E-state index is -0.305. The van der Waals surface area contributed by atoms with Gasteiger partial charge < -0.3 is 5.73 Å². The molecule has 0 aliphatic heterocycles. The van der Waals surface area contributed by atoms with Crippen molar-refractivity contribution >= 4 is 5.78 Å². The summed E-state index contributed by atoms with van der Waals surface area (Å²) in [4.78, 5) is 11.1. The van der Waals surface area contributed by atoms with Gasteiger partial charge in [-0.15, -0.1) is 0 Å². The van der Waals surface area contributed by atoms with Crippen LogP contribution >= 0.6 is 0 Å². The monoisotopic (exact) mass is 181 g/mol. The summed E-state index contributed by atoms with van der Waals surface area (Å²) in [6, 6.07) is 5.85. The first kappa shape index (κ1) is 9.86. The zero-order valence-electron chi connectivity index (χ0n) is 7.46. The second-order valence-corrected chi connectivity index (χ2v) is 2.95. The lowest BCUT2D eigenvalue weighted by atomic mass is 9.96.